The van der Waals surface area contributed by atoms with E-state index in [0.29, 0.717) is 32.0 Å². The van der Waals surface area contributed by atoms with Crippen molar-refractivity contribution in [3.63, 3.8) is 0 Å². The molecule has 0 unspecified atom stereocenters. The Labute approximate surface area is 144 Å². The van der Waals surface area contributed by atoms with Crippen molar-refractivity contribution in [1.82, 2.24) is 10.2 Å². The number of amides is 2. The van der Waals surface area contributed by atoms with E-state index in [0.717, 1.165) is 23.3 Å². The molecule has 1 N–H and O–H groups in total. The normalized spacial score (nSPS) is 18.8. The highest BCUT2D eigenvalue weighted by Gasteiger charge is 2.38. The molecule has 0 saturated heterocycles. The average molecular weight is 332 g/mol. The smallest absolute Gasteiger partial charge is 0.224 e. The van der Waals surface area contributed by atoms with Gasteiger partial charge in [0.15, 0.2) is 0 Å². The van der Waals surface area contributed by atoms with Gasteiger partial charge in [0.25, 0.3) is 0 Å². The monoisotopic (exact) mass is 332 g/mol. The van der Waals surface area contributed by atoms with E-state index in [2.05, 4.69) is 18.3 Å². The predicted octanol–water partition coefficient (Wildman–Crippen LogP) is 2.30. The van der Waals surface area contributed by atoms with Crippen LogP contribution >= 0.6 is 0 Å². The Bertz CT molecular complexity index is 580. The van der Waals surface area contributed by atoms with E-state index in [9.17, 15) is 9.59 Å². The van der Waals surface area contributed by atoms with Crippen molar-refractivity contribution >= 4 is 11.8 Å². The standard InChI is InChI=1S/C19H28N2O3/c1-13-9-14(2)11-16(10-13)24-8-7-21(4)18(22)5-6-20-19(23)17-12-15(17)3/h9-11,15,17H,5-8,12H2,1-4H3,(H,20,23)/t15-,17-/m1/s1. The minimum absolute atomic E-state index is 0.0168. The molecule has 0 bridgehead atoms. The maximum Gasteiger partial charge on any atom is 0.224 e. The van der Waals surface area contributed by atoms with Crippen molar-refractivity contribution in [1.29, 1.82) is 0 Å². The number of hydrogen-bond acceptors (Lipinski definition) is 3. The van der Waals surface area contributed by atoms with Crippen molar-refractivity contribution in [2.24, 2.45) is 11.8 Å². The summed E-state index contributed by atoms with van der Waals surface area (Å²) >= 11 is 0. The quantitative estimate of drug-likeness (QED) is 0.795. The second kappa shape index (κ2) is 8.18. The Kier molecular flexibility index (Phi) is 6.23. The zero-order valence-electron chi connectivity index (χ0n) is 15.1. The third-order valence-electron chi connectivity index (χ3n) is 4.40. The Morgan fingerprint density at radius 3 is 2.46 bits per heavy atom. The summed E-state index contributed by atoms with van der Waals surface area (Å²) in [5, 5.41) is 2.84. The van der Waals surface area contributed by atoms with E-state index in [1.165, 1.54) is 0 Å². The van der Waals surface area contributed by atoms with Gasteiger partial charge in [0.05, 0.1) is 6.54 Å². The highest BCUT2D eigenvalue weighted by molar-refractivity contribution is 5.82. The first-order valence-electron chi connectivity index (χ1n) is 8.59. The molecule has 1 fully saturated rings. The van der Waals surface area contributed by atoms with Gasteiger partial charge in [-0.15, -0.1) is 0 Å². The first-order chi connectivity index (χ1) is 11.4. The van der Waals surface area contributed by atoms with Crippen LogP contribution in [0.5, 0.6) is 5.75 Å². The Morgan fingerprint density at radius 1 is 1.25 bits per heavy atom. The first kappa shape index (κ1) is 18.3. The molecule has 1 aliphatic rings. The van der Waals surface area contributed by atoms with Crippen LogP contribution in [0.15, 0.2) is 18.2 Å². The maximum atomic E-state index is 12.0. The molecule has 1 aliphatic carbocycles. The predicted molar refractivity (Wildman–Crippen MR) is 93.9 cm³/mol. The molecule has 0 spiro atoms. The molecular weight excluding hydrogens is 304 g/mol. The van der Waals surface area contributed by atoms with E-state index in [4.69, 9.17) is 4.74 Å². The molecule has 2 atom stereocenters. The lowest BCUT2D eigenvalue weighted by Gasteiger charge is -2.18. The number of likely N-dealkylation sites (N-methyl/N-ethyl adjacent to an activating group) is 1. The molecule has 5 nitrogen and oxygen atoms in total. The zero-order chi connectivity index (χ0) is 17.7. The number of aryl methyl sites for hydroxylation is 2. The van der Waals surface area contributed by atoms with E-state index in [1.807, 2.05) is 26.0 Å². The summed E-state index contributed by atoms with van der Waals surface area (Å²) in [6.45, 7) is 7.52. The second-order valence-corrected chi connectivity index (χ2v) is 6.85. The zero-order valence-corrected chi connectivity index (χ0v) is 15.1. The van der Waals surface area contributed by atoms with Gasteiger partial charge in [-0.25, -0.2) is 0 Å². The van der Waals surface area contributed by atoms with Gasteiger partial charge in [-0.2, -0.15) is 0 Å². The summed E-state index contributed by atoms with van der Waals surface area (Å²) in [7, 11) is 1.76. The van der Waals surface area contributed by atoms with Crippen LogP contribution < -0.4 is 10.1 Å². The summed E-state index contributed by atoms with van der Waals surface area (Å²) in [4.78, 5) is 25.4. The van der Waals surface area contributed by atoms with Crippen LogP contribution in [0.1, 0.15) is 30.9 Å². The van der Waals surface area contributed by atoms with E-state index in [-0.39, 0.29) is 17.7 Å². The van der Waals surface area contributed by atoms with Gasteiger partial charge in [-0.1, -0.05) is 13.0 Å². The van der Waals surface area contributed by atoms with Gasteiger partial charge in [0.1, 0.15) is 12.4 Å². The molecule has 1 aromatic carbocycles. The van der Waals surface area contributed by atoms with Gasteiger partial charge >= 0.3 is 0 Å². The van der Waals surface area contributed by atoms with E-state index >= 15 is 0 Å². The number of rotatable bonds is 8. The fourth-order valence-corrected chi connectivity index (χ4v) is 2.74. The first-order valence-corrected chi connectivity index (χ1v) is 8.59. The van der Waals surface area contributed by atoms with Crippen LogP contribution in [0, 0.1) is 25.7 Å². The Balaban J connectivity index is 1.63. The van der Waals surface area contributed by atoms with Crippen molar-refractivity contribution < 1.29 is 14.3 Å². The summed E-state index contributed by atoms with van der Waals surface area (Å²) in [5.41, 5.74) is 2.32. The average Bonchev–Trinajstić information content (AvgIpc) is 3.23. The minimum Gasteiger partial charge on any atom is -0.492 e. The second-order valence-electron chi connectivity index (χ2n) is 6.85. The third-order valence-corrected chi connectivity index (χ3v) is 4.40. The fourth-order valence-electron chi connectivity index (χ4n) is 2.74. The molecule has 0 aliphatic heterocycles. The lowest BCUT2D eigenvalue weighted by atomic mass is 10.1. The molecule has 1 saturated carbocycles. The van der Waals surface area contributed by atoms with E-state index < -0.39 is 0 Å². The Morgan fingerprint density at radius 2 is 1.88 bits per heavy atom. The summed E-state index contributed by atoms with van der Waals surface area (Å²) in [6.07, 6.45) is 1.29. The molecule has 5 heteroatoms. The number of carbonyl (C=O) groups is 2. The number of nitrogens with zero attached hydrogens (tertiary/aromatic N) is 1. The number of ether oxygens (including phenoxy) is 1. The number of benzene rings is 1. The molecule has 0 heterocycles. The van der Waals surface area contributed by atoms with Gasteiger partial charge < -0.3 is 15.0 Å². The highest BCUT2D eigenvalue weighted by atomic mass is 16.5. The van der Waals surface area contributed by atoms with Crippen LogP contribution in [0.25, 0.3) is 0 Å². The number of carbonyl (C=O) groups excluding carboxylic acids is 2. The van der Waals surface area contributed by atoms with Crippen molar-refractivity contribution in [3.8, 4) is 5.75 Å². The van der Waals surface area contributed by atoms with Crippen molar-refractivity contribution in [3.05, 3.63) is 29.3 Å². The van der Waals surface area contributed by atoms with Crippen LogP contribution in [0.3, 0.4) is 0 Å². The van der Waals surface area contributed by atoms with E-state index in [1.54, 1.807) is 11.9 Å². The van der Waals surface area contributed by atoms with Gasteiger partial charge in [0, 0.05) is 25.9 Å². The molecule has 0 aromatic heterocycles. The van der Waals surface area contributed by atoms with Crippen LogP contribution in [0.2, 0.25) is 0 Å². The molecule has 1 aromatic rings. The van der Waals surface area contributed by atoms with Crippen LogP contribution in [-0.2, 0) is 9.59 Å². The molecule has 2 amide bonds. The molecule has 0 radical (unpaired) electrons. The van der Waals surface area contributed by atoms with Gasteiger partial charge in [-0.3, -0.25) is 9.59 Å². The SMILES string of the molecule is Cc1cc(C)cc(OCCN(C)C(=O)CCNC(=O)[C@@H]2C[C@H]2C)c1. The topological polar surface area (TPSA) is 58.6 Å². The van der Waals surface area contributed by atoms with Gasteiger partial charge in [-0.05, 0) is 49.4 Å². The van der Waals surface area contributed by atoms with Crippen molar-refractivity contribution in [2.75, 3.05) is 26.7 Å². The fraction of sp³-hybridized carbons (Fsp3) is 0.579. The van der Waals surface area contributed by atoms with Crippen LogP contribution in [-0.4, -0.2) is 43.5 Å². The van der Waals surface area contributed by atoms with Crippen molar-refractivity contribution in [2.45, 2.75) is 33.6 Å². The van der Waals surface area contributed by atoms with Gasteiger partial charge in [0.2, 0.25) is 11.8 Å². The number of nitrogens with one attached hydrogen (secondary N) is 1. The summed E-state index contributed by atoms with van der Waals surface area (Å²) in [5.74, 6) is 1.58. The van der Waals surface area contributed by atoms with Crippen LogP contribution in [0.4, 0.5) is 0 Å². The molecular formula is C19H28N2O3. The summed E-state index contributed by atoms with van der Waals surface area (Å²) in [6, 6.07) is 6.08. The lowest BCUT2D eigenvalue weighted by molar-refractivity contribution is -0.130. The molecule has 24 heavy (non-hydrogen) atoms. The summed E-state index contributed by atoms with van der Waals surface area (Å²) < 4.78 is 5.72. The highest BCUT2D eigenvalue weighted by Crippen LogP contribution is 2.37. The maximum absolute atomic E-state index is 12.0. The molecule has 132 valence electrons. The number of hydrogen-bond donors (Lipinski definition) is 1. The lowest BCUT2D eigenvalue weighted by Crippen LogP contribution is -2.34. The largest absolute Gasteiger partial charge is 0.492 e. The Hall–Kier alpha value is -2.04. The third kappa shape index (κ3) is 5.55. The minimum atomic E-state index is 0.0168. The molecule has 2 rings (SSSR count).